The second-order valence-corrected chi connectivity index (χ2v) is 7.43. The van der Waals surface area contributed by atoms with Gasteiger partial charge in [0.15, 0.2) is 5.96 Å². The van der Waals surface area contributed by atoms with Gasteiger partial charge in [-0.05, 0) is 42.3 Å². The lowest BCUT2D eigenvalue weighted by Gasteiger charge is -2.26. The van der Waals surface area contributed by atoms with Crippen LogP contribution in [0.4, 0.5) is 4.39 Å². The molecule has 0 aliphatic carbocycles. The molecule has 1 heterocycles. The van der Waals surface area contributed by atoms with E-state index >= 15 is 0 Å². The number of hydrogen-bond donors (Lipinski definition) is 2. The average molecular weight is 426 g/mol. The zero-order valence-corrected chi connectivity index (χ0v) is 17.9. The average Bonchev–Trinajstić information content (AvgIpc) is 2.76. The third-order valence-corrected chi connectivity index (χ3v) is 4.94. The number of amides is 2. The summed E-state index contributed by atoms with van der Waals surface area (Å²) in [5, 5.41) is 5.96. The molecule has 2 amide bonds. The molecule has 2 aromatic carbocycles. The number of carbonyl (C=O) groups excluding carboxylic acids is 2. The summed E-state index contributed by atoms with van der Waals surface area (Å²) in [7, 11) is 1.91. The van der Waals surface area contributed by atoms with E-state index in [0.29, 0.717) is 44.2 Å². The monoisotopic (exact) mass is 425 g/mol. The maximum Gasteiger partial charge on any atom is 0.254 e. The maximum atomic E-state index is 13.5. The van der Waals surface area contributed by atoms with Gasteiger partial charge in [0.1, 0.15) is 5.82 Å². The van der Waals surface area contributed by atoms with Gasteiger partial charge in [-0.15, -0.1) is 0 Å². The Hall–Kier alpha value is -3.42. The maximum absolute atomic E-state index is 13.5. The summed E-state index contributed by atoms with van der Waals surface area (Å²) in [6, 6.07) is 13.8. The number of rotatable bonds is 6. The van der Waals surface area contributed by atoms with Crippen molar-refractivity contribution in [3.8, 4) is 0 Å². The zero-order chi connectivity index (χ0) is 22.2. The molecular weight excluding hydrogens is 397 g/mol. The first-order chi connectivity index (χ1) is 15.0. The summed E-state index contributed by atoms with van der Waals surface area (Å²) in [6.45, 7) is 4.76. The highest BCUT2D eigenvalue weighted by molar-refractivity contribution is 5.97. The number of halogens is 1. The molecule has 7 nitrogen and oxygen atoms in total. The van der Waals surface area contributed by atoms with Gasteiger partial charge >= 0.3 is 0 Å². The molecule has 1 aliphatic heterocycles. The van der Waals surface area contributed by atoms with Crippen molar-refractivity contribution in [1.82, 2.24) is 20.4 Å². The molecule has 8 heteroatoms. The Morgan fingerprint density at radius 2 is 2.00 bits per heavy atom. The van der Waals surface area contributed by atoms with E-state index in [1.807, 2.05) is 37.1 Å². The minimum atomic E-state index is -0.257. The van der Waals surface area contributed by atoms with Crippen molar-refractivity contribution >= 4 is 17.8 Å². The Bertz CT molecular complexity index is 945. The largest absolute Gasteiger partial charge is 0.357 e. The van der Waals surface area contributed by atoms with E-state index in [1.165, 1.54) is 12.1 Å². The Balaban J connectivity index is 1.63. The van der Waals surface area contributed by atoms with Gasteiger partial charge in [0.05, 0.1) is 13.1 Å². The van der Waals surface area contributed by atoms with Gasteiger partial charge in [0.25, 0.3) is 5.91 Å². The van der Waals surface area contributed by atoms with E-state index in [-0.39, 0.29) is 24.2 Å². The molecule has 3 rings (SSSR count). The number of carbonyl (C=O) groups is 2. The second kappa shape index (κ2) is 10.6. The number of hydrogen-bond acceptors (Lipinski definition) is 3. The number of nitrogens with zero attached hydrogens (tertiary/aromatic N) is 3. The molecule has 2 N–H and O–H groups in total. The quantitative estimate of drug-likeness (QED) is 0.548. The fraction of sp³-hybridized carbons (Fsp3) is 0.348. The smallest absolute Gasteiger partial charge is 0.254 e. The summed E-state index contributed by atoms with van der Waals surface area (Å²) < 4.78 is 13.5. The molecule has 0 atom stereocenters. The minimum Gasteiger partial charge on any atom is -0.357 e. The summed E-state index contributed by atoms with van der Waals surface area (Å²) in [5.74, 6) is 0.177. The van der Waals surface area contributed by atoms with Crippen LogP contribution >= 0.6 is 0 Å². The molecule has 2 aromatic rings. The van der Waals surface area contributed by atoms with Crippen LogP contribution in [0.15, 0.2) is 53.5 Å². The molecule has 0 aromatic heterocycles. The van der Waals surface area contributed by atoms with Crippen molar-refractivity contribution in [3.63, 3.8) is 0 Å². The molecule has 0 saturated carbocycles. The molecular formula is C23H28FN5O2. The third-order valence-electron chi connectivity index (χ3n) is 4.94. The summed E-state index contributed by atoms with van der Waals surface area (Å²) >= 11 is 0. The van der Waals surface area contributed by atoms with Crippen molar-refractivity contribution < 1.29 is 14.0 Å². The number of benzene rings is 2. The van der Waals surface area contributed by atoms with E-state index in [4.69, 9.17) is 0 Å². The van der Waals surface area contributed by atoms with Crippen molar-refractivity contribution in [2.24, 2.45) is 4.99 Å². The van der Waals surface area contributed by atoms with Crippen LogP contribution in [-0.4, -0.2) is 60.8 Å². The molecule has 164 valence electrons. The van der Waals surface area contributed by atoms with E-state index < -0.39 is 0 Å². The van der Waals surface area contributed by atoms with Crippen LogP contribution < -0.4 is 10.6 Å². The fourth-order valence-corrected chi connectivity index (χ4v) is 3.37. The molecule has 0 spiro atoms. The molecule has 1 saturated heterocycles. The van der Waals surface area contributed by atoms with E-state index in [2.05, 4.69) is 15.6 Å². The van der Waals surface area contributed by atoms with Crippen molar-refractivity contribution in [3.05, 3.63) is 71.0 Å². The minimum absolute atomic E-state index is 0.0918. The zero-order valence-electron chi connectivity index (χ0n) is 17.9. The highest BCUT2D eigenvalue weighted by atomic mass is 19.1. The number of nitrogens with one attached hydrogen (secondary N) is 2. The van der Waals surface area contributed by atoms with Crippen LogP contribution in [0.1, 0.15) is 28.4 Å². The van der Waals surface area contributed by atoms with Crippen molar-refractivity contribution in [2.75, 3.05) is 33.2 Å². The van der Waals surface area contributed by atoms with E-state index in [0.717, 1.165) is 11.1 Å². The van der Waals surface area contributed by atoms with Gasteiger partial charge < -0.3 is 20.4 Å². The van der Waals surface area contributed by atoms with Gasteiger partial charge in [0, 0.05) is 38.8 Å². The van der Waals surface area contributed by atoms with Crippen LogP contribution in [0.3, 0.4) is 0 Å². The molecule has 0 unspecified atom stereocenters. The van der Waals surface area contributed by atoms with Gasteiger partial charge in [-0.3, -0.25) is 9.59 Å². The number of piperazine rings is 1. The summed E-state index contributed by atoms with van der Waals surface area (Å²) in [6.07, 6.45) is 0. The number of aliphatic imine (C=N–C) groups is 1. The Kier molecular flexibility index (Phi) is 7.59. The lowest BCUT2D eigenvalue weighted by atomic mass is 10.1. The van der Waals surface area contributed by atoms with E-state index in [1.54, 1.807) is 23.1 Å². The SMILES string of the molecule is CCNC(=NCc1ccc(C(=O)N2CCNC(=O)C2)cc1)N(C)Cc1cccc(F)c1. The molecule has 0 radical (unpaired) electrons. The Labute approximate surface area is 182 Å². The van der Waals surface area contributed by atoms with Gasteiger partial charge in [-0.25, -0.2) is 9.38 Å². The van der Waals surface area contributed by atoms with E-state index in [9.17, 15) is 14.0 Å². The second-order valence-electron chi connectivity index (χ2n) is 7.43. The molecule has 0 bridgehead atoms. The molecule has 31 heavy (non-hydrogen) atoms. The highest BCUT2D eigenvalue weighted by Crippen LogP contribution is 2.11. The topological polar surface area (TPSA) is 77.0 Å². The first-order valence-electron chi connectivity index (χ1n) is 10.3. The first kappa shape index (κ1) is 22.3. The van der Waals surface area contributed by atoms with Crippen molar-refractivity contribution in [2.45, 2.75) is 20.0 Å². The molecule has 1 aliphatic rings. The van der Waals surface area contributed by atoms with Gasteiger partial charge in [-0.2, -0.15) is 0 Å². The van der Waals surface area contributed by atoms with Gasteiger partial charge in [0.2, 0.25) is 5.91 Å². The standard InChI is InChI=1S/C23H28FN5O2/c1-3-25-23(28(2)15-18-5-4-6-20(24)13-18)27-14-17-7-9-19(10-8-17)22(31)29-12-11-26-21(30)16-29/h4-10,13H,3,11-12,14-16H2,1-2H3,(H,25,27)(H,26,30). The van der Waals surface area contributed by atoms with Crippen LogP contribution in [-0.2, 0) is 17.9 Å². The van der Waals surface area contributed by atoms with Crippen LogP contribution in [0.25, 0.3) is 0 Å². The fourth-order valence-electron chi connectivity index (χ4n) is 3.37. The summed E-state index contributed by atoms with van der Waals surface area (Å²) in [5.41, 5.74) is 2.38. The lowest BCUT2D eigenvalue weighted by Crippen LogP contribution is -2.49. The Morgan fingerprint density at radius 1 is 1.23 bits per heavy atom. The van der Waals surface area contributed by atoms with Crippen LogP contribution in [0.5, 0.6) is 0 Å². The third kappa shape index (κ3) is 6.28. The predicted molar refractivity (Wildman–Crippen MR) is 118 cm³/mol. The Morgan fingerprint density at radius 3 is 2.68 bits per heavy atom. The first-order valence-corrected chi connectivity index (χ1v) is 10.3. The van der Waals surface area contributed by atoms with Crippen LogP contribution in [0.2, 0.25) is 0 Å². The predicted octanol–water partition coefficient (Wildman–Crippen LogP) is 2.00. The normalized spacial score (nSPS) is 14.2. The number of guanidine groups is 1. The molecule has 1 fully saturated rings. The van der Waals surface area contributed by atoms with Crippen molar-refractivity contribution in [1.29, 1.82) is 0 Å². The lowest BCUT2D eigenvalue weighted by molar-refractivity contribution is -0.123. The highest BCUT2D eigenvalue weighted by Gasteiger charge is 2.22. The van der Waals surface area contributed by atoms with Crippen LogP contribution in [0, 0.1) is 5.82 Å². The van der Waals surface area contributed by atoms with Gasteiger partial charge in [-0.1, -0.05) is 24.3 Å². The summed E-state index contributed by atoms with van der Waals surface area (Å²) in [4.78, 5) is 32.2.